The Balaban J connectivity index is 0.979. The number of hydrogen-bond donors (Lipinski definition) is 0. The van der Waals surface area contributed by atoms with E-state index in [0.717, 1.165) is 99.1 Å². The molecule has 0 aliphatic rings. The third-order valence-electron chi connectivity index (χ3n) is 11.3. The summed E-state index contributed by atoms with van der Waals surface area (Å²) < 4.78 is 24.3. The predicted molar refractivity (Wildman–Crippen MR) is 252 cm³/mol. The van der Waals surface area contributed by atoms with Gasteiger partial charge in [0.05, 0.1) is 34.3 Å². The average molecular weight is 820 g/mol. The molecule has 3 heterocycles. The largest absolute Gasteiger partial charge is 0.309 e. The van der Waals surface area contributed by atoms with Gasteiger partial charge < -0.3 is 4.57 Å². The van der Waals surface area contributed by atoms with Crippen LogP contribution in [0.4, 0.5) is 0 Å². The molecule has 0 saturated carbocycles. The van der Waals surface area contributed by atoms with E-state index in [4.69, 9.17) is 19.3 Å². The van der Waals surface area contributed by atoms with Crippen LogP contribution in [0, 0.1) is 0 Å². The lowest BCUT2D eigenvalue weighted by Crippen LogP contribution is -2.24. The normalized spacial score (nSPS) is 11.7. The predicted octanol–water partition coefficient (Wildman–Crippen LogP) is 12.2. The summed E-state index contributed by atoms with van der Waals surface area (Å²) >= 11 is 1.24. The monoisotopic (exact) mass is 819 g/mol. The van der Waals surface area contributed by atoms with Crippen molar-refractivity contribution < 1.29 is 4.57 Å². The molecule has 0 aliphatic carbocycles. The smallest absolute Gasteiger partial charge is 0.171 e. The van der Waals surface area contributed by atoms with Crippen molar-refractivity contribution in [2.24, 2.45) is 0 Å². The van der Waals surface area contributed by atoms with Gasteiger partial charge in [-0.2, -0.15) is 8.75 Å². The standard InChI is InChI=1S/C53H34N5OPS/c59-60(41-17-9-3-10-18-41,42-19-11-4-12-20-42)43-28-25-37(26-29-43)48-34-47(55-53(56-48)39-15-7-2-8-16-39)36-23-21-35(22-24-36)40-27-30-44-49(33-40)54-51(38-13-5-1-6-14-38)45-31-32-46-52(50(44)45)58-61-57-46/h1-34H. The Morgan fingerprint density at radius 1 is 0.377 bits per heavy atom. The van der Waals surface area contributed by atoms with Crippen molar-refractivity contribution in [3.8, 4) is 56.3 Å². The van der Waals surface area contributed by atoms with Crippen LogP contribution in [0.2, 0.25) is 0 Å². The van der Waals surface area contributed by atoms with E-state index in [9.17, 15) is 0 Å². The molecule has 0 saturated heterocycles. The summed E-state index contributed by atoms with van der Waals surface area (Å²) in [6.45, 7) is 0. The summed E-state index contributed by atoms with van der Waals surface area (Å²) in [5.41, 5.74) is 11.2. The Labute approximate surface area is 356 Å². The zero-order valence-electron chi connectivity index (χ0n) is 32.6. The number of rotatable bonds is 8. The molecule has 0 bridgehead atoms. The van der Waals surface area contributed by atoms with E-state index in [1.54, 1.807) is 0 Å². The maximum atomic E-state index is 15.1. The first-order valence-corrected chi connectivity index (χ1v) is 22.5. The van der Waals surface area contributed by atoms with E-state index in [1.807, 2.05) is 146 Å². The molecule has 8 heteroatoms. The van der Waals surface area contributed by atoms with E-state index in [1.165, 1.54) is 11.7 Å². The van der Waals surface area contributed by atoms with Crippen molar-refractivity contribution in [2.75, 3.05) is 0 Å². The second kappa shape index (κ2) is 15.3. The molecule has 0 atom stereocenters. The second-order valence-electron chi connectivity index (χ2n) is 14.9. The molecule has 0 aliphatic heterocycles. The van der Waals surface area contributed by atoms with Crippen molar-refractivity contribution in [1.82, 2.24) is 23.7 Å². The van der Waals surface area contributed by atoms with Crippen LogP contribution in [0.5, 0.6) is 0 Å². The molecule has 11 rings (SSSR count). The Kier molecular flexibility index (Phi) is 9.19. The molecule has 0 spiro atoms. The molecule has 6 nitrogen and oxygen atoms in total. The van der Waals surface area contributed by atoms with Gasteiger partial charge in [-0.25, -0.2) is 15.0 Å². The summed E-state index contributed by atoms with van der Waals surface area (Å²) in [4.78, 5) is 15.4. The molecule has 0 radical (unpaired) electrons. The highest BCUT2D eigenvalue weighted by atomic mass is 32.1. The minimum atomic E-state index is -3.12. The second-order valence-corrected chi connectivity index (χ2v) is 18.2. The molecule has 8 aromatic carbocycles. The third-order valence-corrected chi connectivity index (χ3v) is 14.9. The van der Waals surface area contributed by atoms with Gasteiger partial charge in [0, 0.05) is 54.3 Å². The fourth-order valence-electron chi connectivity index (χ4n) is 8.19. The van der Waals surface area contributed by atoms with E-state index in [-0.39, 0.29) is 0 Å². The van der Waals surface area contributed by atoms with E-state index in [2.05, 4.69) is 65.0 Å². The van der Waals surface area contributed by atoms with Crippen LogP contribution in [0.25, 0.3) is 89.0 Å². The van der Waals surface area contributed by atoms with Gasteiger partial charge in [0.25, 0.3) is 0 Å². The Morgan fingerprint density at radius 3 is 1.51 bits per heavy atom. The number of fused-ring (bicyclic) bond motifs is 5. The lowest BCUT2D eigenvalue weighted by atomic mass is 9.96. The highest BCUT2D eigenvalue weighted by Crippen LogP contribution is 2.43. The van der Waals surface area contributed by atoms with Gasteiger partial charge in [0.1, 0.15) is 11.0 Å². The van der Waals surface area contributed by atoms with Crippen LogP contribution >= 0.6 is 18.9 Å². The number of pyridine rings is 1. The number of benzene rings is 8. The Hall–Kier alpha value is -7.44. The molecule has 0 unspecified atom stereocenters. The highest BCUT2D eigenvalue weighted by Gasteiger charge is 2.29. The van der Waals surface area contributed by atoms with Crippen molar-refractivity contribution in [1.29, 1.82) is 0 Å². The summed E-state index contributed by atoms with van der Waals surface area (Å²) in [5, 5.41) is 5.54. The maximum Gasteiger partial charge on any atom is 0.171 e. The van der Waals surface area contributed by atoms with Crippen LogP contribution in [-0.2, 0) is 4.57 Å². The van der Waals surface area contributed by atoms with Gasteiger partial charge in [-0.15, -0.1) is 0 Å². The summed E-state index contributed by atoms with van der Waals surface area (Å²) in [5.74, 6) is 0.631. The molecular formula is C53H34N5OPS. The van der Waals surface area contributed by atoms with Crippen molar-refractivity contribution >= 4 is 67.5 Å². The molecular weight excluding hydrogens is 786 g/mol. The van der Waals surface area contributed by atoms with Gasteiger partial charge in [-0.1, -0.05) is 182 Å². The zero-order valence-corrected chi connectivity index (χ0v) is 34.3. The third kappa shape index (κ3) is 6.61. The van der Waals surface area contributed by atoms with Crippen molar-refractivity contribution in [3.63, 3.8) is 0 Å². The first-order chi connectivity index (χ1) is 30.1. The fraction of sp³-hybridized carbons (Fsp3) is 0. The molecule has 3 aromatic heterocycles. The van der Waals surface area contributed by atoms with E-state index in [0.29, 0.717) is 5.82 Å². The first kappa shape index (κ1) is 36.6. The summed E-state index contributed by atoms with van der Waals surface area (Å²) in [6.07, 6.45) is 0. The fourth-order valence-corrected chi connectivity index (χ4v) is 11.4. The number of hydrogen-bond acceptors (Lipinski definition) is 7. The Bertz CT molecular complexity index is 3370. The van der Waals surface area contributed by atoms with Crippen molar-refractivity contribution in [3.05, 3.63) is 206 Å². The first-order valence-electron chi connectivity index (χ1n) is 20.0. The van der Waals surface area contributed by atoms with E-state index < -0.39 is 7.14 Å². The Morgan fingerprint density at radius 2 is 0.885 bits per heavy atom. The lowest BCUT2D eigenvalue weighted by molar-refractivity contribution is 0.592. The lowest BCUT2D eigenvalue weighted by Gasteiger charge is -2.20. The quantitative estimate of drug-likeness (QED) is 0.112. The van der Waals surface area contributed by atoms with Crippen LogP contribution in [0.1, 0.15) is 0 Å². The maximum absolute atomic E-state index is 15.1. The van der Waals surface area contributed by atoms with Crippen LogP contribution in [0.3, 0.4) is 0 Å². The van der Waals surface area contributed by atoms with Gasteiger partial charge in [-0.3, -0.25) is 0 Å². The summed E-state index contributed by atoms with van der Waals surface area (Å²) in [7, 11) is -3.12. The van der Waals surface area contributed by atoms with Crippen LogP contribution in [0.15, 0.2) is 206 Å². The van der Waals surface area contributed by atoms with Gasteiger partial charge >= 0.3 is 0 Å². The minimum absolute atomic E-state index is 0.631. The molecule has 288 valence electrons. The minimum Gasteiger partial charge on any atom is -0.309 e. The molecule has 0 fully saturated rings. The van der Waals surface area contributed by atoms with Gasteiger partial charge in [-0.05, 0) is 35.4 Å². The zero-order chi connectivity index (χ0) is 40.8. The number of nitrogens with zero attached hydrogens (tertiary/aromatic N) is 5. The molecule has 11 aromatic rings. The molecule has 0 amide bonds. The van der Waals surface area contributed by atoms with Crippen LogP contribution in [-0.4, -0.2) is 23.7 Å². The molecule has 0 N–H and O–H groups in total. The topological polar surface area (TPSA) is 81.5 Å². The van der Waals surface area contributed by atoms with Gasteiger partial charge in [0.2, 0.25) is 0 Å². The molecule has 61 heavy (non-hydrogen) atoms. The summed E-state index contributed by atoms with van der Waals surface area (Å²) in [6, 6.07) is 69.1. The van der Waals surface area contributed by atoms with Crippen LogP contribution < -0.4 is 15.9 Å². The SMILES string of the molecule is O=P(c1ccccc1)(c1ccccc1)c1ccc(-c2cc(-c3ccc(-c4ccc5c(c4)nc(-c4ccccc4)c4ccc6nsnc6c45)cc3)nc(-c3ccccc3)n2)cc1. The van der Waals surface area contributed by atoms with Gasteiger partial charge in [0.15, 0.2) is 13.0 Å². The van der Waals surface area contributed by atoms with E-state index >= 15 is 4.57 Å². The number of aromatic nitrogens is 5. The average Bonchev–Trinajstić information content (AvgIpc) is 3.84. The highest BCUT2D eigenvalue weighted by molar-refractivity contribution is 7.85. The van der Waals surface area contributed by atoms with Crippen molar-refractivity contribution in [2.45, 2.75) is 0 Å².